The molecular formula is C22H22ClN3O2. The number of benzene rings is 2. The number of aromatic nitrogens is 1. The number of H-pyrrole nitrogens is 1. The lowest BCUT2D eigenvalue weighted by Gasteiger charge is -2.34. The summed E-state index contributed by atoms with van der Waals surface area (Å²) in [7, 11) is 0. The van der Waals surface area contributed by atoms with Gasteiger partial charge < -0.3 is 9.88 Å². The summed E-state index contributed by atoms with van der Waals surface area (Å²) in [5.74, 6) is -0.0377. The van der Waals surface area contributed by atoms with Gasteiger partial charge >= 0.3 is 0 Å². The molecule has 2 heterocycles. The van der Waals surface area contributed by atoms with Gasteiger partial charge in [-0.25, -0.2) is 0 Å². The molecule has 2 aromatic carbocycles. The Morgan fingerprint density at radius 2 is 1.82 bits per heavy atom. The molecule has 0 radical (unpaired) electrons. The zero-order valence-corrected chi connectivity index (χ0v) is 16.5. The molecule has 4 rings (SSSR count). The van der Waals surface area contributed by atoms with Gasteiger partial charge in [-0.05, 0) is 42.6 Å². The van der Waals surface area contributed by atoms with Crippen LogP contribution in [-0.2, 0) is 6.54 Å². The highest BCUT2D eigenvalue weighted by molar-refractivity contribution is 6.33. The lowest BCUT2D eigenvalue weighted by molar-refractivity contribution is 0.0628. The maximum Gasteiger partial charge on any atom is 0.255 e. The average Bonchev–Trinajstić information content (AvgIpc) is 2.69. The number of halogens is 1. The molecule has 0 bridgehead atoms. The Morgan fingerprint density at radius 1 is 1.07 bits per heavy atom. The lowest BCUT2D eigenvalue weighted by Crippen LogP contribution is -2.48. The molecule has 1 aliphatic heterocycles. The number of fused-ring (bicyclic) bond motifs is 1. The van der Waals surface area contributed by atoms with Crippen molar-refractivity contribution < 1.29 is 4.79 Å². The van der Waals surface area contributed by atoms with E-state index in [4.69, 9.17) is 11.6 Å². The monoisotopic (exact) mass is 395 g/mol. The third kappa shape index (κ3) is 3.81. The van der Waals surface area contributed by atoms with E-state index in [9.17, 15) is 9.59 Å². The minimum absolute atomic E-state index is 0.0377. The summed E-state index contributed by atoms with van der Waals surface area (Å²) < 4.78 is 0. The van der Waals surface area contributed by atoms with Crippen LogP contribution in [0.15, 0.2) is 53.3 Å². The highest BCUT2D eigenvalue weighted by Crippen LogP contribution is 2.19. The number of carbonyl (C=O) groups excluding carboxylic acids is 1. The minimum Gasteiger partial charge on any atom is -0.336 e. The van der Waals surface area contributed by atoms with Crippen LogP contribution in [0.4, 0.5) is 0 Å². The number of amides is 1. The van der Waals surface area contributed by atoms with Crippen molar-refractivity contribution in [3.8, 4) is 0 Å². The van der Waals surface area contributed by atoms with Crippen LogP contribution in [0.2, 0.25) is 5.02 Å². The third-order valence-corrected chi connectivity index (χ3v) is 5.56. The number of hydrogen-bond acceptors (Lipinski definition) is 3. The quantitative estimate of drug-likeness (QED) is 0.739. The fourth-order valence-electron chi connectivity index (χ4n) is 3.64. The van der Waals surface area contributed by atoms with E-state index in [2.05, 4.69) is 16.0 Å². The molecule has 1 aliphatic rings. The third-order valence-electron chi connectivity index (χ3n) is 5.23. The molecule has 1 fully saturated rings. The smallest absolute Gasteiger partial charge is 0.255 e. The first kappa shape index (κ1) is 18.7. The van der Waals surface area contributed by atoms with Crippen molar-refractivity contribution in [2.75, 3.05) is 26.2 Å². The maximum absolute atomic E-state index is 12.7. The zero-order valence-electron chi connectivity index (χ0n) is 15.7. The van der Waals surface area contributed by atoms with E-state index in [1.165, 1.54) is 0 Å². The van der Waals surface area contributed by atoms with Crippen molar-refractivity contribution in [2.45, 2.75) is 13.5 Å². The second-order valence-corrected chi connectivity index (χ2v) is 7.67. The first-order valence-corrected chi connectivity index (χ1v) is 9.78. The van der Waals surface area contributed by atoms with Gasteiger partial charge in [-0.1, -0.05) is 35.4 Å². The van der Waals surface area contributed by atoms with Crippen LogP contribution in [0.3, 0.4) is 0 Å². The van der Waals surface area contributed by atoms with Gasteiger partial charge in [-0.3, -0.25) is 14.5 Å². The molecule has 0 unspecified atom stereocenters. The maximum atomic E-state index is 12.7. The fourth-order valence-corrected chi connectivity index (χ4v) is 3.86. The highest BCUT2D eigenvalue weighted by atomic mass is 35.5. The molecule has 5 nitrogen and oxygen atoms in total. The molecule has 28 heavy (non-hydrogen) atoms. The summed E-state index contributed by atoms with van der Waals surface area (Å²) in [6.07, 6.45) is 0. The molecule has 1 aromatic heterocycles. The van der Waals surface area contributed by atoms with Crippen molar-refractivity contribution in [2.24, 2.45) is 0 Å². The van der Waals surface area contributed by atoms with Crippen molar-refractivity contribution in [3.63, 3.8) is 0 Å². The van der Waals surface area contributed by atoms with E-state index in [1.54, 1.807) is 12.1 Å². The topological polar surface area (TPSA) is 56.4 Å². The van der Waals surface area contributed by atoms with E-state index < -0.39 is 0 Å². The van der Waals surface area contributed by atoms with Gasteiger partial charge in [0.15, 0.2) is 0 Å². The summed E-state index contributed by atoms with van der Waals surface area (Å²) in [5, 5.41) is 1.52. The van der Waals surface area contributed by atoms with Gasteiger partial charge in [-0.15, -0.1) is 0 Å². The highest BCUT2D eigenvalue weighted by Gasteiger charge is 2.23. The number of carbonyl (C=O) groups is 1. The van der Waals surface area contributed by atoms with Crippen LogP contribution >= 0.6 is 11.6 Å². The molecule has 0 aliphatic carbocycles. The van der Waals surface area contributed by atoms with Gasteiger partial charge in [0.05, 0.1) is 10.6 Å². The number of nitrogens with one attached hydrogen (secondary N) is 1. The van der Waals surface area contributed by atoms with Crippen LogP contribution in [0.25, 0.3) is 10.9 Å². The van der Waals surface area contributed by atoms with Gasteiger partial charge in [0.1, 0.15) is 0 Å². The van der Waals surface area contributed by atoms with Gasteiger partial charge in [0.2, 0.25) is 0 Å². The number of nitrogens with zero attached hydrogens (tertiary/aromatic N) is 2. The molecule has 0 spiro atoms. The Kier molecular flexibility index (Phi) is 5.20. The Labute approximate surface area is 168 Å². The van der Waals surface area contributed by atoms with E-state index in [-0.39, 0.29) is 11.5 Å². The molecule has 1 amide bonds. The summed E-state index contributed by atoms with van der Waals surface area (Å²) in [6, 6.07) is 15.1. The van der Waals surface area contributed by atoms with Gasteiger partial charge in [0, 0.05) is 43.8 Å². The van der Waals surface area contributed by atoms with Crippen LogP contribution in [0.1, 0.15) is 21.5 Å². The van der Waals surface area contributed by atoms with Crippen LogP contribution < -0.4 is 5.56 Å². The predicted octanol–water partition coefficient (Wildman–Crippen LogP) is 3.45. The number of piperazine rings is 1. The predicted molar refractivity (Wildman–Crippen MR) is 112 cm³/mol. The van der Waals surface area contributed by atoms with Crippen molar-refractivity contribution in [1.29, 1.82) is 0 Å². The number of aromatic amines is 1. The first-order chi connectivity index (χ1) is 13.5. The Morgan fingerprint density at radius 3 is 2.57 bits per heavy atom. The molecular weight excluding hydrogens is 374 g/mol. The van der Waals surface area contributed by atoms with Crippen LogP contribution in [0.5, 0.6) is 0 Å². The summed E-state index contributed by atoms with van der Waals surface area (Å²) >= 11 is 6.15. The fraction of sp³-hybridized carbons (Fsp3) is 0.273. The molecule has 6 heteroatoms. The standard InChI is InChI=1S/C22H22ClN3O2/c1-15-6-7-20-16(12-15)13-17(21(27)24-20)14-25-8-10-26(11-9-25)22(28)18-4-2-3-5-19(18)23/h2-7,12-13H,8-11,14H2,1H3,(H,24,27). The summed E-state index contributed by atoms with van der Waals surface area (Å²) in [6.45, 7) is 5.30. The van der Waals surface area contributed by atoms with Crippen molar-refractivity contribution >= 4 is 28.4 Å². The zero-order chi connectivity index (χ0) is 19.7. The second kappa shape index (κ2) is 7.78. The molecule has 0 atom stereocenters. The normalized spacial score (nSPS) is 15.1. The van der Waals surface area contributed by atoms with Crippen molar-refractivity contribution in [3.05, 3.63) is 80.6 Å². The second-order valence-electron chi connectivity index (χ2n) is 7.26. The largest absolute Gasteiger partial charge is 0.336 e. The summed E-state index contributed by atoms with van der Waals surface area (Å²) in [4.78, 5) is 32.1. The Hall–Kier alpha value is -2.63. The van der Waals surface area contributed by atoms with Crippen molar-refractivity contribution in [1.82, 2.24) is 14.8 Å². The number of aryl methyl sites for hydroxylation is 1. The SMILES string of the molecule is Cc1ccc2[nH]c(=O)c(CN3CCN(C(=O)c4ccccc4Cl)CC3)cc2c1. The number of pyridine rings is 1. The minimum atomic E-state index is -0.0501. The van der Waals surface area contributed by atoms with Crippen LogP contribution in [-0.4, -0.2) is 46.9 Å². The van der Waals surface area contributed by atoms with Gasteiger partial charge in [-0.2, -0.15) is 0 Å². The molecule has 1 saturated heterocycles. The molecule has 144 valence electrons. The first-order valence-electron chi connectivity index (χ1n) is 9.40. The number of hydrogen-bond donors (Lipinski definition) is 1. The molecule has 1 N–H and O–H groups in total. The van der Waals surface area contributed by atoms with E-state index in [1.807, 2.05) is 42.2 Å². The average molecular weight is 396 g/mol. The van der Waals surface area contributed by atoms with E-state index >= 15 is 0 Å². The van der Waals surface area contributed by atoms with Crippen LogP contribution in [0, 0.1) is 6.92 Å². The van der Waals surface area contributed by atoms with E-state index in [0.29, 0.717) is 30.2 Å². The van der Waals surface area contributed by atoms with Gasteiger partial charge in [0.25, 0.3) is 11.5 Å². The Bertz CT molecular complexity index is 1080. The summed E-state index contributed by atoms with van der Waals surface area (Å²) in [5.41, 5.74) is 3.26. The number of rotatable bonds is 3. The molecule has 0 saturated carbocycles. The lowest BCUT2D eigenvalue weighted by atomic mass is 10.1. The Balaban J connectivity index is 1.44. The van der Waals surface area contributed by atoms with E-state index in [0.717, 1.165) is 35.1 Å². The molecule has 3 aromatic rings.